The van der Waals surface area contributed by atoms with Crippen molar-refractivity contribution in [1.29, 1.82) is 0 Å². The molecule has 3 rings (SSSR count). The summed E-state index contributed by atoms with van der Waals surface area (Å²) in [5, 5.41) is 7.30. The van der Waals surface area contributed by atoms with E-state index in [4.69, 9.17) is 9.26 Å². The lowest BCUT2D eigenvalue weighted by Crippen LogP contribution is -2.31. The molecule has 1 N–H and O–H groups in total. The molecule has 1 saturated heterocycles. The van der Waals surface area contributed by atoms with Crippen LogP contribution in [0.2, 0.25) is 0 Å². The molecule has 0 saturated carbocycles. The van der Waals surface area contributed by atoms with Crippen molar-refractivity contribution >= 4 is 15.9 Å². The molecule has 0 radical (unpaired) electrons. The second-order valence-corrected chi connectivity index (χ2v) is 5.81. The number of aromatic nitrogens is 2. The Hall–Kier alpha value is -1.24. The fourth-order valence-corrected chi connectivity index (χ4v) is 2.70. The summed E-state index contributed by atoms with van der Waals surface area (Å²) in [4.78, 5) is 4.51. The summed E-state index contributed by atoms with van der Waals surface area (Å²) in [5.41, 5.74) is 2.12. The number of likely N-dealkylation sites (N-methyl/N-ethyl adjacent to an activating group) is 1. The first kappa shape index (κ1) is 13.7. The van der Waals surface area contributed by atoms with Crippen molar-refractivity contribution in [3.63, 3.8) is 0 Å². The summed E-state index contributed by atoms with van der Waals surface area (Å²) in [6.45, 7) is 3.34. The zero-order valence-corrected chi connectivity index (χ0v) is 13.0. The zero-order valence-electron chi connectivity index (χ0n) is 11.4. The van der Waals surface area contributed by atoms with Crippen LogP contribution in [0.25, 0.3) is 11.4 Å². The first-order valence-electron chi connectivity index (χ1n) is 6.54. The van der Waals surface area contributed by atoms with Gasteiger partial charge in [0, 0.05) is 16.1 Å². The Balaban J connectivity index is 1.88. The lowest BCUT2D eigenvalue weighted by molar-refractivity contribution is 0.185. The molecule has 1 aromatic heterocycles. The van der Waals surface area contributed by atoms with E-state index in [1.165, 1.54) is 5.56 Å². The van der Waals surface area contributed by atoms with Crippen LogP contribution in [-0.2, 0) is 4.74 Å². The van der Waals surface area contributed by atoms with E-state index in [-0.39, 0.29) is 12.0 Å². The molecule has 5 nitrogen and oxygen atoms in total. The summed E-state index contributed by atoms with van der Waals surface area (Å²) in [6.07, 6.45) is 0. The number of rotatable bonds is 3. The number of ether oxygens (including phenoxy) is 1. The number of aryl methyl sites for hydroxylation is 1. The summed E-state index contributed by atoms with van der Waals surface area (Å²) in [7, 11) is 1.92. The van der Waals surface area contributed by atoms with Gasteiger partial charge in [0.2, 0.25) is 11.7 Å². The van der Waals surface area contributed by atoms with Crippen LogP contribution < -0.4 is 5.32 Å². The maximum Gasteiger partial charge on any atom is 0.234 e. The molecule has 6 heteroatoms. The SMILES string of the molecule is CNC1COCC1c1nc(-c2ccc(C)c(Br)c2)no1. The average Bonchev–Trinajstić information content (AvgIpc) is 3.09. The van der Waals surface area contributed by atoms with Crippen molar-refractivity contribution in [1.82, 2.24) is 15.5 Å². The fourth-order valence-electron chi connectivity index (χ4n) is 2.32. The first-order chi connectivity index (χ1) is 9.69. The van der Waals surface area contributed by atoms with Gasteiger partial charge in [0.15, 0.2) is 0 Å². The van der Waals surface area contributed by atoms with Crippen LogP contribution in [0.3, 0.4) is 0 Å². The standard InChI is InChI=1S/C14H16BrN3O2/c1-8-3-4-9(5-11(8)15)13-17-14(20-18-13)10-6-19-7-12(10)16-2/h3-5,10,12,16H,6-7H2,1-2H3. The van der Waals surface area contributed by atoms with Crippen LogP contribution in [0.4, 0.5) is 0 Å². The molecule has 0 spiro atoms. The Morgan fingerprint density at radius 1 is 1.35 bits per heavy atom. The van der Waals surface area contributed by atoms with Gasteiger partial charge in [-0.05, 0) is 25.6 Å². The predicted octanol–water partition coefficient (Wildman–Crippen LogP) is 2.51. The highest BCUT2D eigenvalue weighted by Crippen LogP contribution is 2.28. The Labute approximate surface area is 125 Å². The molecule has 0 bridgehead atoms. The molecule has 0 aliphatic carbocycles. The highest BCUT2D eigenvalue weighted by atomic mass is 79.9. The average molecular weight is 338 g/mol. The lowest BCUT2D eigenvalue weighted by atomic mass is 10.0. The molecule has 1 aliphatic heterocycles. The summed E-state index contributed by atoms with van der Waals surface area (Å²) >= 11 is 3.52. The minimum Gasteiger partial charge on any atom is -0.379 e. The van der Waals surface area contributed by atoms with E-state index in [0.29, 0.717) is 24.9 Å². The molecule has 106 valence electrons. The quantitative estimate of drug-likeness (QED) is 0.932. The predicted molar refractivity (Wildman–Crippen MR) is 78.6 cm³/mol. The van der Waals surface area contributed by atoms with Gasteiger partial charge in [0.1, 0.15) is 0 Å². The Morgan fingerprint density at radius 3 is 2.95 bits per heavy atom. The molecule has 0 amide bonds. The molecule has 2 unspecified atom stereocenters. The van der Waals surface area contributed by atoms with Gasteiger partial charge >= 0.3 is 0 Å². The molecule has 1 fully saturated rings. The Morgan fingerprint density at radius 2 is 2.20 bits per heavy atom. The van der Waals surface area contributed by atoms with Gasteiger partial charge in [0.05, 0.1) is 19.1 Å². The second kappa shape index (κ2) is 5.63. The summed E-state index contributed by atoms with van der Waals surface area (Å²) in [6, 6.07) is 6.26. The number of halogens is 1. The van der Waals surface area contributed by atoms with Crippen molar-refractivity contribution in [2.75, 3.05) is 20.3 Å². The third-order valence-corrected chi connectivity index (χ3v) is 4.49. The van der Waals surface area contributed by atoms with Crippen LogP contribution in [0.5, 0.6) is 0 Å². The van der Waals surface area contributed by atoms with Crippen LogP contribution in [0, 0.1) is 6.92 Å². The Bertz CT molecular complexity index is 614. The first-order valence-corrected chi connectivity index (χ1v) is 7.33. The topological polar surface area (TPSA) is 60.2 Å². The van der Waals surface area contributed by atoms with Crippen molar-refractivity contribution in [2.24, 2.45) is 0 Å². The lowest BCUT2D eigenvalue weighted by Gasteiger charge is -2.11. The fraction of sp³-hybridized carbons (Fsp3) is 0.429. The molecule has 20 heavy (non-hydrogen) atoms. The van der Waals surface area contributed by atoms with Crippen molar-refractivity contribution in [2.45, 2.75) is 18.9 Å². The van der Waals surface area contributed by atoms with Gasteiger partial charge in [-0.2, -0.15) is 4.98 Å². The van der Waals surface area contributed by atoms with Crippen molar-refractivity contribution in [3.8, 4) is 11.4 Å². The molecular weight excluding hydrogens is 322 g/mol. The van der Waals surface area contributed by atoms with Gasteiger partial charge < -0.3 is 14.6 Å². The van der Waals surface area contributed by atoms with Gasteiger partial charge in [-0.25, -0.2) is 0 Å². The third kappa shape index (κ3) is 2.51. The smallest absolute Gasteiger partial charge is 0.234 e. The van der Waals surface area contributed by atoms with Crippen LogP contribution in [0.1, 0.15) is 17.4 Å². The molecular formula is C14H16BrN3O2. The van der Waals surface area contributed by atoms with Crippen LogP contribution in [-0.4, -0.2) is 36.4 Å². The third-order valence-electron chi connectivity index (χ3n) is 3.64. The van der Waals surface area contributed by atoms with Crippen molar-refractivity contribution in [3.05, 3.63) is 34.1 Å². The minimum absolute atomic E-state index is 0.120. The van der Waals surface area contributed by atoms with Crippen LogP contribution >= 0.6 is 15.9 Å². The molecule has 2 atom stereocenters. The highest BCUT2D eigenvalue weighted by molar-refractivity contribution is 9.10. The minimum atomic E-state index is 0.120. The number of benzene rings is 1. The monoisotopic (exact) mass is 337 g/mol. The van der Waals surface area contributed by atoms with Crippen LogP contribution in [0.15, 0.2) is 27.2 Å². The largest absolute Gasteiger partial charge is 0.379 e. The summed E-state index contributed by atoms with van der Waals surface area (Å²) < 4.78 is 11.9. The zero-order chi connectivity index (χ0) is 14.1. The van der Waals surface area contributed by atoms with E-state index in [0.717, 1.165) is 10.0 Å². The second-order valence-electron chi connectivity index (χ2n) is 4.96. The molecule has 1 aliphatic rings. The van der Waals surface area contributed by atoms with Gasteiger partial charge in [-0.3, -0.25) is 0 Å². The van der Waals surface area contributed by atoms with E-state index in [9.17, 15) is 0 Å². The maximum absolute atomic E-state index is 5.47. The summed E-state index contributed by atoms with van der Waals surface area (Å²) in [5.74, 6) is 1.37. The number of nitrogens with one attached hydrogen (secondary N) is 1. The van der Waals surface area contributed by atoms with Crippen molar-refractivity contribution < 1.29 is 9.26 Å². The molecule has 1 aromatic carbocycles. The maximum atomic E-state index is 5.47. The molecule has 2 aromatic rings. The molecule has 2 heterocycles. The van der Waals surface area contributed by atoms with E-state index in [1.807, 2.05) is 32.2 Å². The Kier molecular flexibility index (Phi) is 3.87. The van der Waals surface area contributed by atoms with Gasteiger partial charge in [-0.1, -0.05) is 33.2 Å². The number of hydrogen-bond acceptors (Lipinski definition) is 5. The number of hydrogen-bond donors (Lipinski definition) is 1. The normalized spacial score (nSPS) is 22.4. The van der Waals surface area contributed by atoms with E-state index >= 15 is 0 Å². The van der Waals surface area contributed by atoms with E-state index in [1.54, 1.807) is 0 Å². The van der Waals surface area contributed by atoms with Gasteiger partial charge in [0.25, 0.3) is 0 Å². The number of nitrogens with zero attached hydrogens (tertiary/aromatic N) is 2. The van der Waals surface area contributed by atoms with E-state index in [2.05, 4.69) is 31.4 Å². The van der Waals surface area contributed by atoms with E-state index < -0.39 is 0 Å². The van der Waals surface area contributed by atoms with Gasteiger partial charge in [-0.15, -0.1) is 0 Å². The highest BCUT2D eigenvalue weighted by Gasteiger charge is 2.33.